The van der Waals surface area contributed by atoms with Crippen LogP contribution in [-0.2, 0) is 14.3 Å². The molecule has 1 amide bonds. The van der Waals surface area contributed by atoms with E-state index in [2.05, 4.69) is 0 Å². The molecule has 18 heavy (non-hydrogen) atoms. The van der Waals surface area contributed by atoms with Crippen LogP contribution in [0.1, 0.15) is 26.2 Å². The van der Waals surface area contributed by atoms with Gasteiger partial charge in [0.1, 0.15) is 0 Å². The summed E-state index contributed by atoms with van der Waals surface area (Å²) in [7, 11) is 0. The highest BCUT2D eigenvalue weighted by Gasteiger charge is 2.39. The third-order valence-corrected chi connectivity index (χ3v) is 3.98. The molecule has 0 spiro atoms. The smallest absolute Gasteiger partial charge is 0.242 e. The number of hydrogen-bond acceptors (Lipinski definition) is 4. The maximum absolute atomic E-state index is 12.5. The molecule has 0 aromatic rings. The molecule has 2 saturated heterocycles. The molecule has 2 rings (SSSR count). The number of carbonyl (C=O) groups is 1. The first-order valence-corrected chi connectivity index (χ1v) is 6.89. The molecule has 0 bridgehead atoms. The molecule has 2 N–H and O–H groups in total. The predicted octanol–water partition coefficient (Wildman–Crippen LogP) is 0.379. The zero-order valence-corrected chi connectivity index (χ0v) is 11.2. The fourth-order valence-corrected chi connectivity index (χ4v) is 2.66. The maximum atomic E-state index is 12.5. The van der Waals surface area contributed by atoms with Gasteiger partial charge in [0.15, 0.2) is 0 Å². The van der Waals surface area contributed by atoms with Crippen LogP contribution in [0.2, 0.25) is 0 Å². The average Bonchev–Trinajstić information content (AvgIpc) is 2.89. The zero-order chi connectivity index (χ0) is 13.0. The number of likely N-dealkylation sites (N-methyl/N-ethyl adjacent to an activating group) is 1. The van der Waals surface area contributed by atoms with E-state index in [1.165, 1.54) is 0 Å². The monoisotopic (exact) mass is 256 g/mol. The number of ether oxygens (including phenoxy) is 2. The highest BCUT2D eigenvalue weighted by Crippen LogP contribution is 2.22. The van der Waals surface area contributed by atoms with Gasteiger partial charge in [-0.1, -0.05) is 0 Å². The van der Waals surface area contributed by atoms with Crippen molar-refractivity contribution in [3.63, 3.8) is 0 Å². The summed E-state index contributed by atoms with van der Waals surface area (Å²) in [5, 5.41) is 0. The van der Waals surface area contributed by atoms with Crippen molar-refractivity contribution in [1.82, 2.24) is 4.90 Å². The number of hydrogen-bond donors (Lipinski definition) is 1. The van der Waals surface area contributed by atoms with Crippen LogP contribution < -0.4 is 5.73 Å². The third kappa shape index (κ3) is 3.02. The van der Waals surface area contributed by atoms with Crippen molar-refractivity contribution in [3.8, 4) is 0 Å². The van der Waals surface area contributed by atoms with E-state index in [0.717, 1.165) is 32.7 Å². The van der Waals surface area contributed by atoms with E-state index in [1.807, 2.05) is 11.8 Å². The van der Waals surface area contributed by atoms with E-state index < -0.39 is 5.54 Å². The van der Waals surface area contributed by atoms with Crippen LogP contribution in [0.3, 0.4) is 0 Å². The summed E-state index contributed by atoms with van der Waals surface area (Å²) >= 11 is 0. The van der Waals surface area contributed by atoms with Crippen molar-refractivity contribution in [2.45, 2.75) is 31.7 Å². The summed E-state index contributed by atoms with van der Waals surface area (Å²) in [4.78, 5) is 14.4. The lowest BCUT2D eigenvalue weighted by atomic mass is 9.89. The molecule has 5 nitrogen and oxygen atoms in total. The van der Waals surface area contributed by atoms with E-state index in [1.54, 1.807) is 0 Å². The van der Waals surface area contributed by atoms with E-state index in [9.17, 15) is 4.79 Å². The average molecular weight is 256 g/mol. The molecule has 0 aromatic carbocycles. The Kier molecular flexibility index (Phi) is 4.59. The predicted molar refractivity (Wildman–Crippen MR) is 68.2 cm³/mol. The van der Waals surface area contributed by atoms with Gasteiger partial charge in [-0.05, 0) is 26.2 Å². The lowest BCUT2D eigenvalue weighted by Crippen LogP contribution is -2.58. The first kappa shape index (κ1) is 13.8. The number of rotatable bonds is 4. The van der Waals surface area contributed by atoms with Crippen molar-refractivity contribution in [2.75, 3.05) is 39.5 Å². The Morgan fingerprint density at radius 2 is 2.06 bits per heavy atom. The Bertz CT molecular complexity index is 284. The van der Waals surface area contributed by atoms with E-state index >= 15 is 0 Å². The molecule has 0 radical (unpaired) electrons. The third-order valence-electron chi connectivity index (χ3n) is 3.98. The standard InChI is InChI=1S/C13H24N2O3/c1-2-15(9-11-3-6-18-10-11)12(16)13(14)4-7-17-8-5-13/h11H,2-10,14H2,1H3. The molecule has 1 unspecified atom stereocenters. The van der Waals surface area contributed by atoms with Crippen molar-refractivity contribution in [1.29, 1.82) is 0 Å². The van der Waals surface area contributed by atoms with Gasteiger partial charge in [0.2, 0.25) is 5.91 Å². The topological polar surface area (TPSA) is 64.8 Å². The Morgan fingerprint density at radius 3 is 2.61 bits per heavy atom. The van der Waals surface area contributed by atoms with Gasteiger partial charge in [-0.3, -0.25) is 4.79 Å². The molecular weight excluding hydrogens is 232 g/mol. The SMILES string of the molecule is CCN(CC1CCOC1)C(=O)C1(N)CCOCC1. The lowest BCUT2D eigenvalue weighted by molar-refractivity contribution is -0.141. The van der Waals surface area contributed by atoms with Crippen LogP contribution >= 0.6 is 0 Å². The first-order chi connectivity index (χ1) is 8.65. The van der Waals surface area contributed by atoms with E-state index in [0.29, 0.717) is 32.0 Å². The van der Waals surface area contributed by atoms with Gasteiger partial charge < -0.3 is 20.1 Å². The Morgan fingerprint density at radius 1 is 1.33 bits per heavy atom. The van der Waals surface area contributed by atoms with Crippen LogP contribution in [-0.4, -0.2) is 55.9 Å². The van der Waals surface area contributed by atoms with E-state index in [-0.39, 0.29) is 5.91 Å². The fourth-order valence-electron chi connectivity index (χ4n) is 2.66. The van der Waals surface area contributed by atoms with Crippen LogP contribution in [0.5, 0.6) is 0 Å². The highest BCUT2D eigenvalue weighted by atomic mass is 16.5. The number of nitrogens with two attached hydrogens (primary N) is 1. The molecular formula is C13H24N2O3. The minimum absolute atomic E-state index is 0.0835. The summed E-state index contributed by atoms with van der Waals surface area (Å²) in [6, 6.07) is 0. The number of amides is 1. The molecule has 0 saturated carbocycles. The van der Waals surface area contributed by atoms with Crippen molar-refractivity contribution >= 4 is 5.91 Å². The van der Waals surface area contributed by atoms with Gasteiger partial charge in [0, 0.05) is 38.8 Å². The molecule has 0 aromatic heterocycles. The molecule has 2 aliphatic heterocycles. The van der Waals surface area contributed by atoms with Gasteiger partial charge in [0.25, 0.3) is 0 Å². The van der Waals surface area contributed by atoms with Crippen molar-refractivity contribution < 1.29 is 14.3 Å². The Balaban J connectivity index is 1.95. The molecule has 2 heterocycles. The fraction of sp³-hybridized carbons (Fsp3) is 0.923. The second-order valence-corrected chi connectivity index (χ2v) is 5.34. The summed E-state index contributed by atoms with van der Waals surface area (Å²) in [5.41, 5.74) is 5.54. The Labute approximate surface area is 109 Å². The molecule has 2 fully saturated rings. The number of nitrogens with zero attached hydrogens (tertiary/aromatic N) is 1. The van der Waals surface area contributed by atoms with Crippen molar-refractivity contribution in [2.24, 2.45) is 11.7 Å². The second-order valence-electron chi connectivity index (χ2n) is 5.34. The number of carbonyl (C=O) groups excluding carboxylic acids is 1. The summed E-state index contributed by atoms with van der Waals surface area (Å²) < 4.78 is 10.7. The van der Waals surface area contributed by atoms with Crippen LogP contribution in [0.4, 0.5) is 0 Å². The van der Waals surface area contributed by atoms with E-state index in [4.69, 9.17) is 15.2 Å². The minimum atomic E-state index is -0.715. The van der Waals surface area contributed by atoms with Gasteiger partial charge in [-0.2, -0.15) is 0 Å². The Hall–Kier alpha value is -0.650. The summed E-state index contributed by atoms with van der Waals surface area (Å²) in [6.07, 6.45) is 2.30. The van der Waals surface area contributed by atoms with Gasteiger partial charge in [0.05, 0.1) is 12.1 Å². The van der Waals surface area contributed by atoms with Crippen LogP contribution in [0, 0.1) is 5.92 Å². The maximum Gasteiger partial charge on any atom is 0.242 e. The molecule has 1 atom stereocenters. The highest BCUT2D eigenvalue weighted by molar-refractivity contribution is 5.86. The zero-order valence-electron chi connectivity index (χ0n) is 11.2. The molecule has 2 aliphatic rings. The van der Waals surface area contributed by atoms with Gasteiger partial charge in [-0.25, -0.2) is 0 Å². The lowest BCUT2D eigenvalue weighted by Gasteiger charge is -2.37. The second kappa shape index (κ2) is 5.99. The molecule has 0 aliphatic carbocycles. The summed E-state index contributed by atoms with van der Waals surface area (Å²) in [6.45, 7) is 6.27. The minimum Gasteiger partial charge on any atom is -0.381 e. The van der Waals surface area contributed by atoms with Crippen molar-refractivity contribution in [3.05, 3.63) is 0 Å². The molecule has 5 heteroatoms. The van der Waals surface area contributed by atoms with Gasteiger partial charge >= 0.3 is 0 Å². The quantitative estimate of drug-likeness (QED) is 0.790. The van der Waals surface area contributed by atoms with Gasteiger partial charge in [-0.15, -0.1) is 0 Å². The normalized spacial score (nSPS) is 27.1. The van der Waals surface area contributed by atoms with Crippen LogP contribution in [0.15, 0.2) is 0 Å². The summed E-state index contributed by atoms with van der Waals surface area (Å²) in [5.74, 6) is 0.553. The first-order valence-electron chi connectivity index (χ1n) is 6.89. The largest absolute Gasteiger partial charge is 0.381 e. The molecule has 104 valence electrons. The van der Waals surface area contributed by atoms with Crippen LogP contribution in [0.25, 0.3) is 0 Å².